The fourth-order valence-electron chi connectivity index (χ4n) is 4.43. The van der Waals surface area contributed by atoms with Gasteiger partial charge in [-0.3, -0.25) is 4.90 Å². The van der Waals surface area contributed by atoms with Crippen LogP contribution in [0.1, 0.15) is 36.8 Å². The number of benzene rings is 2. The summed E-state index contributed by atoms with van der Waals surface area (Å²) in [6.45, 7) is 4.09. The lowest BCUT2D eigenvalue weighted by Crippen LogP contribution is -2.49. The van der Waals surface area contributed by atoms with Crippen LogP contribution in [0.4, 0.5) is 4.79 Å². The molecule has 30 heavy (non-hydrogen) atoms. The molecule has 2 heterocycles. The predicted molar refractivity (Wildman–Crippen MR) is 120 cm³/mol. The third-order valence-corrected chi connectivity index (χ3v) is 6.20. The first-order valence-electron chi connectivity index (χ1n) is 11.0. The van der Waals surface area contributed by atoms with Crippen LogP contribution in [0.2, 0.25) is 0 Å². The van der Waals surface area contributed by atoms with Crippen molar-refractivity contribution in [1.29, 1.82) is 0 Å². The summed E-state index contributed by atoms with van der Waals surface area (Å²) in [4.78, 5) is 17.1. The standard InChI is InChI=1S/C25H31N3O2/c29-24-11-9-21(10-12-24)22-13-16-27(17-14-22)25(30)26-18-23-8-4-5-15-28(23)19-20-6-2-1-3-7-20/h1-3,6-7,9-13,23,29H,4-5,8,14-19H2,(H,26,30). The number of amides is 2. The number of carbonyl (C=O) groups excluding carboxylic acids is 1. The summed E-state index contributed by atoms with van der Waals surface area (Å²) in [5.74, 6) is 0.278. The summed E-state index contributed by atoms with van der Waals surface area (Å²) < 4.78 is 0. The molecule has 2 amide bonds. The number of carbonyl (C=O) groups is 1. The smallest absolute Gasteiger partial charge is 0.317 e. The highest BCUT2D eigenvalue weighted by Gasteiger charge is 2.24. The summed E-state index contributed by atoms with van der Waals surface area (Å²) in [6.07, 6.45) is 6.56. The fraction of sp³-hybridized carbons (Fsp3) is 0.400. The third-order valence-electron chi connectivity index (χ3n) is 6.20. The molecule has 1 saturated heterocycles. The van der Waals surface area contributed by atoms with E-state index in [4.69, 9.17) is 0 Å². The number of aromatic hydroxyl groups is 1. The lowest BCUT2D eigenvalue weighted by atomic mass is 9.99. The van der Waals surface area contributed by atoms with Crippen molar-refractivity contribution in [3.8, 4) is 5.75 Å². The number of nitrogens with one attached hydrogen (secondary N) is 1. The van der Waals surface area contributed by atoms with Gasteiger partial charge in [-0.05, 0) is 54.6 Å². The van der Waals surface area contributed by atoms with Gasteiger partial charge in [0, 0.05) is 32.2 Å². The lowest BCUT2D eigenvalue weighted by molar-refractivity contribution is 0.135. The zero-order valence-corrected chi connectivity index (χ0v) is 17.5. The number of urea groups is 1. The average molecular weight is 406 g/mol. The van der Waals surface area contributed by atoms with E-state index in [1.54, 1.807) is 12.1 Å². The van der Waals surface area contributed by atoms with Crippen molar-refractivity contribution < 1.29 is 9.90 Å². The van der Waals surface area contributed by atoms with Crippen molar-refractivity contribution in [3.63, 3.8) is 0 Å². The molecular weight excluding hydrogens is 374 g/mol. The maximum Gasteiger partial charge on any atom is 0.317 e. The van der Waals surface area contributed by atoms with Gasteiger partial charge in [-0.1, -0.05) is 55.0 Å². The molecule has 0 bridgehead atoms. The summed E-state index contributed by atoms with van der Waals surface area (Å²) in [7, 11) is 0. The molecule has 1 unspecified atom stereocenters. The average Bonchev–Trinajstić information content (AvgIpc) is 2.80. The van der Waals surface area contributed by atoms with E-state index in [9.17, 15) is 9.90 Å². The molecule has 2 aromatic carbocycles. The largest absolute Gasteiger partial charge is 0.508 e. The Morgan fingerprint density at radius 2 is 1.83 bits per heavy atom. The summed E-state index contributed by atoms with van der Waals surface area (Å²) in [5.41, 5.74) is 3.69. The second kappa shape index (κ2) is 9.81. The molecule has 0 aromatic heterocycles. The highest BCUT2D eigenvalue weighted by Crippen LogP contribution is 2.24. The number of hydrogen-bond donors (Lipinski definition) is 2. The number of phenols is 1. The second-order valence-electron chi connectivity index (χ2n) is 8.26. The SMILES string of the molecule is O=C(NCC1CCCCN1Cc1ccccc1)N1CC=C(c2ccc(O)cc2)CC1. The maximum absolute atomic E-state index is 12.7. The number of phenolic OH excluding ortho intramolecular Hbond substituents is 1. The Morgan fingerprint density at radius 1 is 1.03 bits per heavy atom. The first-order chi connectivity index (χ1) is 14.7. The Morgan fingerprint density at radius 3 is 2.57 bits per heavy atom. The Labute approximate surface area is 179 Å². The van der Waals surface area contributed by atoms with Crippen molar-refractivity contribution in [2.45, 2.75) is 38.3 Å². The van der Waals surface area contributed by atoms with Gasteiger partial charge in [0.05, 0.1) is 0 Å². The van der Waals surface area contributed by atoms with Crippen LogP contribution < -0.4 is 5.32 Å². The Hall–Kier alpha value is -2.79. The topological polar surface area (TPSA) is 55.8 Å². The lowest BCUT2D eigenvalue weighted by Gasteiger charge is -2.36. The molecule has 5 nitrogen and oxygen atoms in total. The molecule has 0 spiro atoms. The van der Waals surface area contributed by atoms with Gasteiger partial charge in [0.15, 0.2) is 0 Å². The van der Waals surface area contributed by atoms with Crippen molar-refractivity contribution in [2.75, 3.05) is 26.2 Å². The van der Waals surface area contributed by atoms with Crippen molar-refractivity contribution in [1.82, 2.24) is 15.1 Å². The molecule has 4 rings (SSSR count). The van der Waals surface area contributed by atoms with Gasteiger partial charge in [-0.25, -0.2) is 4.79 Å². The van der Waals surface area contributed by atoms with E-state index < -0.39 is 0 Å². The molecular formula is C25H31N3O2. The summed E-state index contributed by atoms with van der Waals surface area (Å²) >= 11 is 0. The number of likely N-dealkylation sites (tertiary alicyclic amines) is 1. The number of rotatable bonds is 5. The molecule has 0 radical (unpaired) electrons. The quantitative estimate of drug-likeness (QED) is 0.782. The Bertz CT molecular complexity index is 864. The molecule has 0 saturated carbocycles. The van der Waals surface area contributed by atoms with Gasteiger partial charge >= 0.3 is 6.03 Å². The van der Waals surface area contributed by atoms with Gasteiger partial charge < -0.3 is 15.3 Å². The number of hydrogen-bond acceptors (Lipinski definition) is 3. The molecule has 0 aliphatic carbocycles. The maximum atomic E-state index is 12.7. The van der Waals surface area contributed by atoms with Crippen LogP contribution in [0.25, 0.3) is 5.57 Å². The van der Waals surface area contributed by atoms with E-state index >= 15 is 0 Å². The number of piperidine rings is 1. The highest BCUT2D eigenvalue weighted by molar-refractivity contribution is 5.76. The second-order valence-corrected chi connectivity index (χ2v) is 8.26. The Balaban J connectivity index is 1.29. The summed E-state index contributed by atoms with van der Waals surface area (Å²) in [5, 5.41) is 12.6. The first-order valence-corrected chi connectivity index (χ1v) is 11.0. The van der Waals surface area contributed by atoms with Crippen molar-refractivity contribution in [2.24, 2.45) is 0 Å². The van der Waals surface area contributed by atoms with E-state index in [-0.39, 0.29) is 11.8 Å². The van der Waals surface area contributed by atoms with Crippen LogP contribution >= 0.6 is 0 Å². The minimum absolute atomic E-state index is 0.0289. The molecule has 2 aromatic rings. The minimum Gasteiger partial charge on any atom is -0.508 e. The van der Waals surface area contributed by atoms with Crippen LogP contribution in [0, 0.1) is 0 Å². The molecule has 2 aliphatic heterocycles. The zero-order chi connectivity index (χ0) is 20.8. The number of nitrogens with zero attached hydrogens (tertiary/aromatic N) is 2. The van der Waals surface area contributed by atoms with Crippen molar-refractivity contribution >= 4 is 11.6 Å². The first kappa shape index (κ1) is 20.5. The normalized spacial score (nSPS) is 19.9. The fourth-order valence-corrected chi connectivity index (χ4v) is 4.43. The molecule has 1 atom stereocenters. The van der Waals surface area contributed by atoms with E-state index in [0.717, 1.165) is 38.0 Å². The molecule has 2 aliphatic rings. The minimum atomic E-state index is 0.0289. The van der Waals surface area contributed by atoms with Gasteiger partial charge in [0.1, 0.15) is 5.75 Å². The van der Waals surface area contributed by atoms with Crippen LogP contribution in [0.15, 0.2) is 60.7 Å². The van der Waals surface area contributed by atoms with Crippen LogP contribution in [-0.4, -0.2) is 53.2 Å². The van der Waals surface area contributed by atoms with Gasteiger partial charge in [0.2, 0.25) is 0 Å². The Kier molecular flexibility index (Phi) is 6.70. The predicted octanol–water partition coefficient (Wildman–Crippen LogP) is 4.25. The summed E-state index contributed by atoms with van der Waals surface area (Å²) in [6, 6.07) is 18.3. The van der Waals surface area contributed by atoms with Gasteiger partial charge in [0.25, 0.3) is 0 Å². The monoisotopic (exact) mass is 405 g/mol. The molecule has 1 fully saturated rings. The third kappa shape index (κ3) is 5.22. The zero-order valence-electron chi connectivity index (χ0n) is 17.5. The van der Waals surface area contributed by atoms with E-state index in [1.165, 1.54) is 24.0 Å². The van der Waals surface area contributed by atoms with Gasteiger partial charge in [-0.15, -0.1) is 0 Å². The van der Waals surface area contributed by atoms with Crippen molar-refractivity contribution in [3.05, 3.63) is 71.8 Å². The van der Waals surface area contributed by atoms with Gasteiger partial charge in [-0.2, -0.15) is 0 Å². The van der Waals surface area contributed by atoms with Crippen LogP contribution in [0.3, 0.4) is 0 Å². The van der Waals surface area contributed by atoms with E-state index in [2.05, 4.69) is 46.6 Å². The van der Waals surface area contributed by atoms with Crippen LogP contribution in [-0.2, 0) is 6.54 Å². The molecule has 5 heteroatoms. The molecule has 158 valence electrons. The molecule has 2 N–H and O–H groups in total. The van der Waals surface area contributed by atoms with E-state index in [1.807, 2.05) is 17.0 Å². The van der Waals surface area contributed by atoms with Crippen LogP contribution in [0.5, 0.6) is 5.75 Å². The van der Waals surface area contributed by atoms with E-state index in [0.29, 0.717) is 19.1 Å². The highest BCUT2D eigenvalue weighted by atomic mass is 16.3.